The highest BCUT2D eigenvalue weighted by atomic mass is 35.5. The summed E-state index contributed by atoms with van der Waals surface area (Å²) < 4.78 is 5.28. The van der Waals surface area contributed by atoms with Gasteiger partial charge in [0, 0.05) is 10.6 Å². The number of rotatable bonds is 5. The Labute approximate surface area is 142 Å². The Hall–Kier alpha value is -1.75. The fourth-order valence-corrected chi connectivity index (χ4v) is 2.14. The number of nitrogens with zero attached hydrogens (tertiary/aromatic N) is 1. The first kappa shape index (κ1) is 16.6. The SMILES string of the molecule is O=C(COc1ccc(Cl)cc1)NN=Cc1c(Cl)cccc1Cl. The second kappa shape index (κ2) is 8.03. The molecule has 2 aromatic rings. The number of hydrazone groups is 1. The number of ether oxygens (including phenoxy) is 1. The van der Waals surface area contributed by atoms with Gasteiger partial charge in [0.15, 0.2) is 6.61 Å². The third kappa shape index (κ3) is 4.91. The minimum atomic E-state index is -0.408. The van der Waals surface area contributed by atoms with Gasteiger partial charge in [-0.25, -0.2) is 5.43 Å². The van der Waals surface area contributed by atoms with E-state index < -0.39 is 5.91 Å². The Bertz CT molecular complexity index is 667. The fourth-order valence-electron chi connectivity index (χ4n) is 1.51. The molecule has 0 bridgehead atoms. The zero-order chi connectivity index (χ0) is 15.9. The van der Waals surface area contributed by atoms with Crippen LogP contribution in [0.5, 0.6) is 5.75 Å². The minimum Gasteiger partial charge on any atom is -0.484 e. The lowest BCUT2D eigenvalue weighted by Crippen LogP contribution is -2.24. The van der Waals surface area contributed by atoms with E-state index in [1.54, 1.807) is 42.5 Å². The largest absolute Gasteiger partial charge is 0.484 e. The Morgan fingerprint density at radius 3 is 2.36 bits per heavy atom. The molecule has 0 heterocycles. The molecule has 0 aliphatic heterocycles. The van der Waals surface area contributed by atoms with E-state index in [2.05, 4.69) is 10.5 Å². The molecule has 2 aromatic carbocycles. The fraction of sp³-hybridized carbons (Fsp3) is 0.0667. The minimum absolute atomic E-state index is 0.171. The second-order valence-electron chi connectivity index (χ2n) is 4.17. The molecule has 0 aliphatic carbocycles. The van der Waals surface area contributed by atoms with Crippen LogP contribution in [0.15, 0.2) is 47.6 Å². The molecule has 1 N–H and O–H groups in total. The van der Waals surface area contributed by atoms with Gasteiger partial charge in [0.2, 0.25) is 0 Å². The average Bonchev–Trinajstić information content (AvgIpc) is 2.50. The topological polar surface area (TPSA) is 50.7 Å². The second-order valence-corrected chi connectivity index (χ2v) is 5.42. The maximum Gasteiger partial charge on any atom is 0.277 e. The van der Waals surface area contributed by atoms with Crippen molar-refractivity contribution in [2.24, 2.45) is 5.10 Å². The average molecular weight is 358 g/mol. The molecule has 114 valence electrons. The third-order valence-corrected chi connectivity index (χ3v) is 3.48. The van der Waals surface area contributed by atoms with Crippen LogP contribution in [-0.2, 0) is 4.79 Å². The molecular weight excluding hydrogens is 347 g/mol. The van der Waals surface area contributed by atoms with Gasteiger partial charge in [-0.2, -0.15) is 5.10 Å². The Morgan fingerprint density at radius 1 is 1.09 bits per heavy atom. The van der Waals surface area contributed by atoms with Gasteiger partial charge in [-0.05, 0) is 36.4 Å². The summed E-state index contributed by atoms with van der Waals surface area (Å²) in [5.74, 6) is 0.132. The van der Waals surface area contributed by atoms with Crippen molar-refractivity contribution in [2.45, 2.75) is 0 Å². The highest BCUT2D eigenvalue weighted by molar-refractivity contribution is 6.38. The van der Waals surface area contributed by atoms with Crippen LogP contribution < -0.4 is 10.2 Å². The first-order chi connectivity index (χ1) is 10.6. The van der Waals surface area contributed by atoms with Crippen LogP contribution in [0.3, 0.4) is 0 Å². The lowest BCUT2D eigenvalue weighted by atomic mass is 10.2. The molecule has 0 radical (unpaired) electrons. The van der Waals surface area contributed by atoms with E-state index in [1.165, 1.54) is 6.21 Å². The number of nitrogens with one attached hydrogen (secondary N) is 1. The van der Waals surface area contributed by atoms with Crippen LogP contribution in [0.4, 0.5) is 0 Å². The van der Waals surface area contributed by atoms with Crippen molar-refractivity contribution in [1.82, 2.24) is 5.43 Å². The summed E-state index contributed by atoms with van der Waals surface area (Å²) in [6.07, 6.45) is 1.38. The summed E-state index contributed by atoms with van der Waals surface area (Å²) in [7, 11) is 0. The molecule has 0 saturated heterocycles. The predicted octanol–water partition coefficient (Wildman–Crippen LogP) is 4.18. The molecule has 0 spiro atoms. The van der Waals surface area contributed by atoms with Crippen molar-refractivity contribution in [1.29, 1.82) is 0 Å². The first-order valence-corrected chi connectivity index (χ1v) is 7.34. The lowest BCUT2D eigenvalue weighted by molar-refractivity contribution is -0.123. The van der Waals surface area contributed by atoms with Crippen LogP contribution in [0.1, 0.15) is 5.56 Å². The predicted molar refractivity (Wildman–Crippen MR) is 89.1 cm³/mol. The van der Waals surface area contributed by atoms with Gasteiger partial charge in [0.05, 0.1) is 16.3 Å². The number of benzene rings is 2. The summed E-state index contributed by atoms with van der Waals surface area (Å²) in [6.45, 7) is -0.171. The summed E-state index contributed by atoms with van der Waals surface area (Å²) >= 11 is 17.7. The van der Waals surface area contributed by atoms with Crippen LogP contribution in [0, 0.1) is 0 Å². The quantitative estimate of drug-likeness (QED) is 0.645. The maximum atomic E-state index is 11.6. The highest BCUT2D eigenvalue weighted by Crippen LogP contribution is 2.22. The number of carbonyl (C=O) groups is 1. The van der Waals surface area contributed by atoms with Crippen LogP contribution in [0.25, 0.3) is 0 Å². The van der Waals surface area contributed by atoms with Gasteiger partial charge in [0.1, 0.15) is 5.75 Å². The maximum absolute atomic E-state index is 11.6. The van der Waals surface area contributed by atoms with Crippen molar-refractivity contribution < 1.29 is 9.53 Å². The standard InChI is InChI=1S/C15H11Cl3N2O2/c16-10-4-6-11(7-5-10)22-9-15(21)20-19-8-12-13(17)2-1-3-14(12)18/h1-8H,9H2,(H,20,21). The number of amides is 1. The van der Waals surface area contributed by atoms with Crippen LogP contribution >= 0.6 is 34.8 Å². The van der Waals surface area contributed by atoms with Crippen molar-refractivity contribution >= 4 is 46.9 Å². The number of halogens is 3. The highest BCUT2D eigenvalue weighted by Gasteiger charge is 2.04. The molecule has 7 heteroatoms. The lowest BCUT2D eigenvalue weighted by Gasteiger charge is -2.05. The molecule has 4 nitrogen and oxygen atoms in total. The zero-order valence-corrected chi connectivity index (χ0v) is 13.5. The third-order valence-electron chi connectivity index (χ3n) is 2.57. The van der Waals surface area contributed by atoms with Crippen molar-refractivity contribution in [3.05, 3.63) is 63.1 Å². The van der Waals surface area contributed by atoms with Gasteiger partial charge >= 0.3 is 0 Å². The first-order valence-electron chi connectivity index (χ1n) is 6.20. The molecule has 0 fully saturated rings. The normalized spacial score (nSPS) is 10.7. The summed E-state index contributed by atoms with van der Waals surface area (Å²) in [6, 6.07) is 11.8. The molecule has 0 atom stereocenters. The van der Waals surface area contributed by atoms with E-state index >= 15 is 0 Å². The van der Waals surface area contributed by atoms with Crippen molar-refractivity contribution in [2.75, 3.05) is 6.61 Å². The van der Waals surface area contributed by atoms with Gasteiger partial charge in [-0.3, -0.25) is 4.79 Å². The molecule has 0 aliphatic rings. The molecule has 0 aromatic heterocycles. The van der Waals surface area contributed by atoms with Crippen LogP contribution in [-0.4, -0.2) is 18.7 Å². The zero-order valence-electron chi connectivity index (χ0n) is 11.2. The molecule has 1 amide bonds. The molecular formula is C15H11Cl3N2O2. The van der Waals surface area contributed by atoms with Gasteiger partial charge < -0.3 is 4.74 Å². The monoisotopic (exact) mass is 356 g/mol. The van der Waals surface area contributed by atoms with E-state index in [0.29, 0.717) is 26.4 Å². The Balaban J connectivity index is 1.85. The van der Waals surface area contributed by atoms with E-state index in [4.69, 9.17) is 39.5 Å². The van der Waals surface area contributed by atoms with Crippen LogP contribution in [0.2, 0.25) is 15.1 Å². The molecule has 0 saturated carbocycles. The van der Waals surface area contributed by atoms with E-state index in [0.717, 1.165) is 0 Å². The Kier molecular flexibility index (Phi) is 6.07. The van der Waals surface area contributed by atoms with Crippen molar-refractivity contribution in [3.8, 4) is 5.75 Å². The molecule has 2 rings (SSSR count). The van der Waals surface area contributed by atoms with E-state index in [9.17, 15) is 4.79 Å². The summed E-state index contributed by atoms with van der Waals surface area (Å²) in [4.78, 5) is 11.6. The summed E-state index contributed by atoms with van der Waals surface area (Å²) in [5, 5.41) is 5.28. The van der Waals surface area contributed by atoms with E-state index in [1.807, 2.05) is 0 Å². The summed E-state index contributed by atoms with van der Waals surface area (Å²) in [5.41, 5.74) is 2.86. The van der Waals surface area contributed by atoms with Gasteiger partial charge in [-0.15, -0.1) is 0 Å². The Morgan fingerprint density at radius 2 is 1.73 bits per heavy atom. The smallest absolute Gasteiger partial charge is 0.277 e. The molecule has 0 unspecified atom stereocenters. The van der Waals surface area contributed by atoms with Gasteiger partial charge in [-0.1, -0.05) is 40.9 Å². The molecule has 22 heavy (non-hydrogen) atoms. The van der Waals surface area contributed by atoms with Gasteiger partial charge in [0.25, 0.3) is 5.91 Å². The van der Waals surface area contributed by atoms with Crippen molar-refractivity contribution in [3.63, 3.8) is 0 Å². The number of carbonyl (C=O) groups excluding carboxylic acids is 1. The number of hydrogen-bond acceptors (Lipinski definition) is 3. The van der Waals surface area contributed by atoms with E-state index in [-0.39, 0.29) is 6.61 Å². The number of hydrogen-bond donors (Lipinski definition) is 1.